The maximum atomic E-state index is 5.62. The lowest BCUT2D eigenvalue weighted by Gasteiger charge is -2.21. The lowest BCUT2D eigenvalue weighted by atomic mass is 10.0. The Hall–Kier alpha value is -1.94. The van der Waals surface area contributed by atoms with Gasteiger partial charge in [-0.1, -0.05) is 13.0 Å². The van der Waals surface area contributed by atoms with Gasteiger partial charge in [0.1, 0.15) is 18.1 Å². The number of rotatable bonds is 6. The Balaban J connectivity index is 1.60. The highest BCUT2D eigenvalue weighted by molar-refractivity contribution is 5.59. The normalized spacial score (nSPS) is 14.9. The van der Waals surface area contributed by atoms with Crippen LogP contribution in [0.3, 0.4) is 0 Å². The van der Waals surface area contributed by atoms with Gasteiger partial charge in [0.2, 0.25) is 0 Å². The van der Waals surface area contributed by atoms with Gasteiger partial charge in [-0.15, -0.1) is 0 Å². The van der Waals surface area contributed by atoms with E-state index in [9.17, 15) is 0 Å². The molecule has 0 fully saturated rings. The number of ether oxygens (including phenoxy) is 1. The van der Waals surface area contributed by atoms with Crippen molar-refractivity contribution in [3.63, 3.8) is 0 Å². The van der Waals surface area contributed by atoms with Crippen LogP contribution in [0.2, 0.25) is 0 Å². The molecule has 0 spiro atoms. The van der Waals surface area contributed by atoms with Crippen molar-refractivity contribution in [3.05, 3.63) is 47.9 Å². The number of benzene rings is 1. The summed E-state index contributed by atoms with van der Waals surface area (Å²) in [6.07, 6.45) is 3.81. The van der Waals surface area contributed by atoms with Gasteiger partial charge in [0.25, 0.3) is 0 Å². The summed E-state index contributed by atoms with van der Waals surface area (Å²) in [6, 6.07) is 10.8. The summed E-state index contributed by atoms with van der Waals surface area (Å²) in [5, 5.41) is 6.94. The third-order valence-electron chi connectivity index (χ3n) is 3.84. The van der Waals surface area contributed by atoms with E-state index in [2.05, 4.69) is 35.8 Å². The SMILES string of the molecule is CCC(Cc1ccc2c(c1)NCCO2)NCc1ccco1. The highest BCUT2D eigenvalue weighted by Crippen LogP contribution is 2.28. The fourth-order valence-corrected chi connectivity index (χ4v) is 2.62. The minimum Gasteiger partial charge on any atom is -0.490 e. The quantitative estimate of drug-likeness (QED) is 0.856. The van der Waals surface area contributed by atoms with Crippen molar-refractivity contribution >= 4 is 5.69 Å². The Kier molecular flexibility index (Phi) is 4.46. The summed E-state index contributed by atoms with van der Waals surface area (Å²) in [6.45, 7) is 4.61. The summed E-state index contributed by atoms with van der Waals surface area (Å²) >= 11 is 0. The number of fused-ring (bicyclic) bond motifs is 1. The van der Waals surface area contributed by atoms with Gasteiger partial charge in [-0.25, -0.2) is 0 Å². The number of furan rings is 1. The molecule has 2 N–H and O–H groups in total. The Bertz CT molecular complexity index is 566. The first-order chi connectivity index (χ1) is 10.3. The highest BCUT2D eigenvalue weighted by atomic mass is 16.5. The van der Waals surface area contributed by atoms with Gasteiger partial charge in [0.05, 0.1) is 18.5 Å². The second kappa shape index (κ2) is 6.68. The van der Waals surface area contributed by atoms with Crippen molar-refractivity contribution in [2.75, 3.05) is 18.5 Å². The molecule has 112 valence electrons. The smallest absolute Gasteiger partial charge is 0.142 e. The first-order valence-electron chi connectivity index (χ1n) is 7.60. The number of anilines is 1. The predicted molar refractivity (Wildman–Crippen MR) is 83.8 cm³/mol. The van der Waals surface area contributed by atoms with Crippen molar-refractivity contribution in [2.24, 2.45) is 0 Å². The lowest BCUT2D eigenvalue weighted by Crippen LogP contribution is -2.30. The molecule has 3 rings (SSSR count). The lowest BCUT2D eigenvalue weighted by molar-refractivity contribution is 0.323. The molecule has 1 aromatic carbocycles. The van der Waals surface area contributed by atoms with Gasteiger partial charge in [0.15, 0.2) is 0 Å². The monoisotopic (exact) mass is 286 g/mol. The Morgan fingerprint density at radius 2 is 2.29 bits per heavy atom. The molecule has 4 heteroatoms. The van der Waals surface area contributed by atoms with Crippen molar-refractivity contribution in [1.29, 1.82) is 0 Å². The van der Waals surface area contributed by atoms with Gasteiger partial charge >= 0.3 is 0 Å². The van der Waals surface area contributed by atoms with E-state index in [1.807, 2.05) is 12.1 Å². The highest BCUT2D eigenvalue weighted by Gasteiger charge is 2.12. The summed E-state index contributed by atoms with van der Waals surface area (Å²) in [5.74, 6) is 1.94. The molecule has 2 heterocycles. The molecular formula is C17H22N2O2. The van der Waals surface area contributed by atoms with Gasteiger partial charge in [-0.2, -0.15) is 0 Å². The molecule has 1 atom stereocenters. The molecule has 0 saturated heterocycles. The molecule has 0 amide bonds. The maximum absolute atomic E-state index is 5.62. The number of hydrogen-bond donors (Lipinski definition) is 2. The van der Waals surface area contributed by atoms with Crippen LogP contribution in [0.25, 0.3) is 0 Å². The topological polar surface area (TPSA) is 46.4 Å². The average molecular weight is 286 g/mol. The third-order valence-corrected chi connectivity index (χ3v) is 3.84. The van der Waals surface area contributed by atoms with Crippen molar-refractivity contribution in [1.82, 2.24) is 5.32 Å². The Morgan fingerprint density at radius 3 is 3.10 bits per heavy atom. The van der Waals surface area contributed by atoms with Crippen molar-refractivity contribution < 1.29 is 9.15 Å². The number of nitrogens with one attached hydrogen (secondary N) is 2. The molecule has 4 nitrogen and oxygen atoms in total. The van der Waals surface area contributed by atoms with Crippen molar-refractivity contribution in [2.45, 2.75) is 32.4 Å². The Morgan fingerprint density at radius 1 is 1.33 bits per heavy atom. The van der Waals surface area contributed by atoms with Crippen LogP contribution in [0.15, 0.2) is 41.0 Å². The van der Waals surface area contributed by atoms with Gasteiger partial charge < -0.3 is 19.8 Å². The molecule has 0 aliphatic carbocycles. The zero-order valence-corrected chi connectivity index (χ0v) is 12.4. The van der Waals surface area contributed by atoms with Crippen LogP contribution in [-0.4, -0.2) is 19.2 Å². The van der Waals surface area contributed by atoms with Crippen LogP contribution in [-0.2, 0) is 13.0 Å². The van der Waals surface area contributed by atoms with E-state index in [1.165, 1.54) is 5.56 Å². The fraction of sp³-hybridized carbons (Fsp3) is 0.412. The average Bonchev–Trinajstić information content (AvgIpc) is 3.04. The molecule has 0 saturated carbocycles. The molecular weight excluding hydrogens is 264 g/mol. The van der Waals surface area contributed by atoms with Crippen LogP contribution in [0.5, 0.6) is 5.75 Å². The van der Waals surface area contributed by atoms with E-state index >= 15 is 0 Å². The molecule has 21 heavy (non-hydrogen) atoms. The van der Waals surface area contributed by atoms with Crippen molar-refractivity contribution in [3.8, 4) is 5.75 Å². The summed E-state index contributed by atoms with van der Waals surface area (Å²) in [4.78, 5) is 0. The molecule has 1 aliphatic rings. The van der Waals surface area contributed by atoms with Gasteiger partial charge in [-0.3, -0.25) is 0 Å². The van der Waals surface area contributed by atoms with Crippen LogP contribution in [0.1, 0.15) is 24.7 Å². The minimum atomic E-state index is 0.442. The summed E-state index contributed by atoms with van der Waals surface area (Å²) in [7, 11) is 0. The van der Waals surface area contributed by atoms with E-state index in [0.717, 1.165) is 49.7 Å². The molecule has 0 bridgehead atoms. The molecule has 1 aromatic heterocycles. The van der Waals surface area contributed by atoms with Gasteiger partial charge in [0, 0.05) is 12.6 Å². The molecule has 0 radical (unpaired) electrons. The van der Waals surface area contributed by atoms with Gasteiger partial charge in [-0.05, 0) is 42.7 Å². The maximum Gasteiger partial charge on any atom is 0.142 e. The zero-order chi connectivity index (χ0) is 14.5. The minimum absolute atomic E-state index is 0.442. The van der Waals surface area contributed by atoms with Crippen LogP contribution in [0, 0.1) is 0 Å². The Labute approximate surface area is 125 Å². The third kappa shape index (κ3) is 3.58. The summed E-state index contributed by atoms with van der Waals surface area (Å²) in [5.41, 5.74) is 2.44. The molecule has 1 unspecified atom stereocenters. The molecule has 1 aliphatic heterocycles. The fourth-order valence-electron chi connectivity index (χ4n) is 2.62. The second-order valence-corrected chi connectivity index (χ2v) is 5.38. The standard InChI is InChI=1S/C17H22N2O2/c1-2-14(19-12-15-4-3-8-20-15)10-13-5-6-17-16(11-13)18-7-9-21-17/h3-6,8,11,14,18-19H,2,7,9-10,12H2,1H3. The van der Waals surface area contributed by atoms with Crippen LogP contribution < -0.4 is 15.4 Å². The van der Waals surface area contributed by atoms with E-state index in [0.29, 0.717) is 6.04 Å². The van der Waals surface area contributed by atoms with E-state index < -0.39 is 0 Å². The largest absolute Gasteiger partial charge is 0.490 e. The van der Waals surface area contributed by atoms with E-state index in [-0.39, 0.29) is 0 Å². The first kappa shape index (κ1) is 14.0. The summed E-state index contributed by atoms with van der Waals surface area (Å²) < 4.78 is 11.0. The zero-order valence-electron chi connectivity index (χ0n) is 12.4. The predicted octanol–water partition coefficient (Wildman–Crippen LogP) is 3.19. The molecule has 2 aromatic rings. The number of hydrogen-bond acceptors (Lipinski definition) is 4. The van der Waals surface area contributed by atoms with E-state index in [4.69, 9.17) is 9.15 Å². The van der Waals surface area contributed by atoms with E-state index in [1.54, 1.807) is 6.26 Å². The van der Waals surface area contributed by atoms with Crippen LogP contribution >= 0.6 is 0 Å². The van der Waals surface area contributed by atoms with Crippen LogP contribution in [0.4, 0.5) is 5.69 Å². The first-order valence-corrected chi connectivity index (χ1v) is 7.60. The second-order valence-electron chi connectivity index (χ2n) is 5.38.